The summed E-state index contributed by atoms with van der Waals surface area (Å²) < 4.78 is 23.3. The molecule has 2 aliphatic rings. The number of rotatable bonds is 0. The number of carbonyl (C=O) groups is 1. The van der Waals surface area contributed by atoms with E-state index in [1.807, 2.05) is 20.8 Å². The molecule has 2 fully saturated rings. The Labute approximate surface area is 95.5 Å². The topological polar surface area (TPSA) is 54.5 Å². The Morgan fingerprint density at radius 3 is 2.62 bits per heavy atom. The standard InChI is InChI=1S/C11H15NO3S/c1-11(2,3)5-4-8-9(13)12-6-7-16(14,15)10(8)12/h5,10H,6-7H2,1-3H3/t4?,10-/m0/s1. The van der Waals surface area contributed by atoms with Crippen LogP contribution in [0.3, 0.4) is 0 Å². The van der Waals surface area contributed by atoms with Gasteiger partial charge >= 0.3 is 0 Å². The van der Waals surface area contributed by atoms with Crippen molar-refractivity contribution in [3.63, 3.8) is 0 Å². The van der Waals surface area contributed by atoms with E-state index in [1.165, 1.54) is 4.90 Å². The van der Waals surface area contributed by atoms with Gasteiger partial charge in [-0.25, -0.2) is 8.42 Å². The summed E-state index contributed by atoms with van der Waals surface area (Å²) in [5.74, 6) is -0.115. The van der Waals surface area contributed by atoms with Gasteiger partial charge in [0.25, 0.3) is 5.91 Å². The second-order valence-electron chi connectivity index (χ2n) is 5.29. The van der Waals surface area contributed by atoms with Crippen LogP contribution in [0.25, 0.3) is 0 Å². The zero-order chi connectivity index (χ0) is 12.1. The highest BCUT2D eigenvalue weighted by Gasteiger charge is 2.54. The van der Waals surface area contributed by atoms with Crippen LogP contribution in [0.15, 0.2) is 17.4 Å². The normalized spacial score (nSPS) is 27.2. The summed E-state index contributed by atoms with van der Waals surface area (Å²) >= 11 is 0. The van der Waals surface area contributed by atoms with Gasteiger partial charge in [0.15, 0.2) is 15.2 Å². The van der Waals surface area contributed by atoms with Gasteiger partial charge in [-0.05, 0) is 11.5 Å². The van der Waals surface area contributed by atoms with E-state index in [0.29, 0.717) is 12.1 Å². The molecule has 0 N–H and O–H groups in total. The monoisotopic (exact) mass is 241 g/mol. The Morgan fingerprint density at radius 2 is 2.06 bits per heavy atom. The first-order valence-electron chi connectivity index (χ1n) is 5.23. The first kappa shape index (κ1) is 11.4. The Hall–Kier alpha value is -1.06. The summed E-state index contributed by atoms with van der Waals surface area (Å²) in [5.41, 5.74) is 3.05. The van der Waals surface area contributed by atoms with E-state index in [4.69, 9.17) is 0 Å². The van der Waals surface area contributed by atoms with Crippen molar-refractivity contribution < 1.29 is 13.2 Å². The maximum absolute atomic E-state index is 11.6. The molecule has 5 heteroatoms. The summed E-state index contributed by atoms with van der Waals surface area (Å²) in [7, 11) is -3.15. The molecule has 0 unspecified atom stereocenters. The van der Waals surface area contributed by atoms with E-state index >= 15 is 0 Å². The van der Waals surface area contributed by atoms with Crippen LogP contribution in [0.2, 0.25) is 0 Å². The molecule has 0 spiro atoms. The van der Waals surface area contributed by atoms with Gasteiger partial charge in [0.1, 0.15) is 0 Å². The molecule has 2 rings (SSSR count). The minimum Gasteiger partial charge on any atom is -0.316 e. The van der Waals surface area contributed by atoms with Gasteiger partial charge < -0.3 is 4.90 Å². The molecule has 2 saturated heterocycles. The smallest absolute Gasteiger partial charge is 0.262 e. The highest BCUT2D eigenvalue weighted by Crippen LogP contribution is 2.34. The number of β-lactam (4-membered cyclic amide) rings is 1. The molecule has 4 nitrogen and oxygen atoms in total. The van der Waals surface area contributed by atoms with Crippen LogP contribution >= 0.6 is 0 Å². The molecule has 2 aliphatic heterocycles. The lowest BCUT2D eigenvalue weighted by molar-refractivity contribution is -0.133. The molecule has 1 amide bonds. The second-order valence-corrected chi connectivity index (χ2v) is 7.47. The van der Waals surface area contributed by atoms with Crippen LogP contribution in [0.1, 0.15) is 20.8 Å². The fraction of sp³-hybridized carbons (Fsp3) is 0.636. The third-order valence-electron chi connectivity index (χ3n) is 2.64. The summed E-state index contributed by atoms with van der Waals surface area (Å²) in [6.07, 6.45) is 1.76. The van der Waals surface area contributed by atoms with E-state index in [1.54, 1.807) is 6.08 Å². The van der Waals surface area contributed by atoms with Crippen molar-refractivity contribution >= 4 is 15.7 Å². The number of hydrogen-bond acceptors (Lipinski definition) is 3. The molecule has 1 atom stereocenters. The van der Waals surface area contributed by atoms with Crippen LogP contribution in [0.5, 0.6) is 0 Å². The zero-order valence-corrected chi connectivity index (χ0v) is 10.5. The SMILES string of the molecule is CC(C)(C)C=C=C1C(=O)N2CCS(=O)(=O)[C@@H]12. The molecular formula is C11H15NO3S. The Morgan fingerprint density at radius 1 is 1.44 bits per heavy atom. The average Bonchev–Trinajstić information content (AvgIpc) is 2.36. The molecule has 0 aromatic carbocycles. The van der Waals surface area contributed by atoms with Crippen molar-refractivity contribution in [2.45, 2.75) is 26.1 Å². The van der Waals surface area contributed by atoms with Crippen molar-refractivity contribution in [2.24, 2.45) is 5.41 Å². The Kier molecular flexibility index (Phi) is 2.30. The predicted molar refractivity (Wildman–Crippen MR) is 60.3 cm³/mol. The molecule has 0 saturated carbocycles. The van der Waals surface area contributed by atoms with Gasteiger partial charge in [0.2, 0.25) is 0 Å². The average molecular weight is 241 g/mol. The van der Waals surface area contributed by atoms with Crippen molar-refractivity contribution in [1.29, 1.82) is 0 Å². The highest BCUT2D eigenvalue weighted by atomic mass is 32.2. The lowest BCUT2D eigenvalue weighted by Gasteiger charge is -2.34. The molecule has 2 heterocycles. The minimum atomic E-state index is -3.15. The number of hydrogen-bond donors (Lipinski definition) is 0. The number of nitrogens with zero attached hydrogens (tertiary/aromatic N) is 1. The molecule has 0 radical (unpaired) electrons. The maximum Gasteiger partial charge on any atom is 0.262 e. The maximum atomic E-state index is 11.6. The first-order valence-corrected chi connectivity index (χ1v) is 6.94. The zero-order valence-electron chi connectivity index (χ0n) is 9.65. The third kappa shape index (κ3) is 1.70. The van der Waals surface area contributed by atoms with Crippen molar-refractivity contribution in [1.82, 2.24) is 4.90 Å². The van der Waals surface area contributed by atoms with Crippen molar-refractivity contribution in [3.8, 4) is 0 Å². The third-order valence-corrected chi connectivity index (χ3v) is 4.56. The lowest BCUT2D eigenvalue weighted by atomic mass is 9.95. The van der Waals surface area contributed by atoms with E-state index in [-0.39, 0.29) is 17.1 Å². The minimum absolute atomic E-state index is 0.0735. The summed E-state index contributed by atoms with van der Waals surface area (Å²) in [5, 5.41) is -0.724. The van der Waals surface area contributed by atoms with E-state index in [0.717, 1.165) is 0 Å². The van der Waals surface area contributed by atoms with Crippen LogP contribution in [-0.4, -0.2) is 36.9 Å². The molecule has 0 aromatic heterocycles. The van der Waals surface area contributed by atoms with E-state index in [9.17, 15) is 13.2 Å². The van der Waals surface area contributed by atoms with E-state index < -0.39 is 15.2 Å². The quantitative estimate of drug-likeness (QED) is 0.356. The summed E-state index contributed by atoms with van der Waals surface area (Å²) in [4.78, 5) is 13.0. The van der Waals surface area contributed by atoms with Gasteiger partial charge in [0.05, 0.1) is 11.3 Å². The van der Waals surface area contributed by atoms with Gasteiger partial charge in [-0.3, -0.25) is 4.79 Å². The molecule has 0 bridgehead atoms. The van der Waals surface area contributed by atoms with Crippen LogP contribution in [0.4, 0.5) is 0 Å². The number of amides is 1. The Bertz CT molecular complexity index is 504. The molecule has 0 aromatic rings. The van der Waals surface area contributed by atoms with Crippen LogP contribution < -0.4 is 0 Å². The molecule has 88 valence electrons. The fourth-order valence-electron chi connectivity index (χ4n) is 1.81. The van der Waals surface area contributed by atoms with E-state index in [2.05, 4.69) is 5.73 Å². The van der Waals surface area contributed by atoms with Gasteiger partial charge in [-0.2, -0.15) is 0 Å². The van der Waals surface area contributed by atoms with Gasteiger partial charge in [0, 0.05) is 6.54 Å². The summed E-state index contributed by atoms with van der Waals surface area (Å²) in [6.45, 7) is 6.26. The number of sulfone groups is 1. The van der Waals surface area contributed by atoms with Gasteiger partial charge in [-0.1, -0.05) is 20.8 Å². The molecule has 16 heavy (non-hydrogen) atoms. The van der Waals surface area contributed by atoms with Gasteiger partial charge in [-0.15, -0.1) is 5.73 Å². The largest absolute Gasteiger partial charge is 0.316 e. The fourth-order valence-corrected chi connectivity index (χ4v) is 3.60. The summed E-state index contributed by atoms with van der Waals surface area (Å²) in [6, 6.07) is 0. The predicted octanol–water partition coefficient (Wildman–Crippen LogP) is 0.711. The first-order chi connectivity index (χ1) is 7.22. The molecular weight excluding hydrogens is 226 g/mol. The number of fused-ring (bicyclic) bond motifs is 1. The highest BCUT2D eigenvalue weighted by molar-refractivity contribution is 7.92. The number of carbonyl (C=O) groups excluding carboxylic acids is 1. The van der Waals surface area contributed by atoms with Crippen molar-refractivity contribution in [3.05, 3.63) is 17.4 Å². The van der Waals surface area contributed by atoms with Crippen LogP contribution in [0, 0.1) is 5.41 Å². The second kappa shape index (κ2) is 3.22. The lowest BCUT2D eigenvalue weighted by Crippen LogP contribution is -2.53. The van der Waals surface area contributed by atoms with Crippen LogP contribution in [-0.2, 0) is 14.6 Å². The molecule has 0 aliphatic carbocycles. The Balaban J connectivity index is 2.39. The van der Waals surface area contributed by atoms with Crippen molar-refractivity contribution in [2.75, 3.05) is 12.3 Å².